The van der Waals surface area contributed by atoms with Gasteiger partial charge in [-0.1, -0.05) is 5.16 Å². The van der Waals surface area contributed by atoms with Gasteiger partial charge in [0.2, 0.25) is 11.8 Å². The minimum absolute atomic E-state index is 0.155. The van der Waals surface area contributed by atoms with Crippen LogP contribution in [0.1, 0.15) is 48.3 Å². The Hall–Kier alpha value is -2.18. The van der Waals surface area contributed by atoms with Crippen LogP contribution in [0.25, 0.3) is 0 Å². The molecule has 1 amide bonds. The molecule has 23 heavy (non-hydrogen) atoms. The SMILES string of the molecule is Cc1cc(C)n(CCC(=O)N2CCC[C@@H](c3nc(C)no3)C2)n1. The molecule has 1 fully saturated rings. The zero-order chi connectivity index (χ0) is 16.4. The van der Waals surface area contributed by atoms with Crippen molar-refractivity contribution in [3.8, 4) is 0 Å². The first-order valence-corrected chi connectivity index (χ1v) is 8.12. The number of carbonyl (C=O) groups is 1. The Morgan fingerprint density at radius 1 is 1.39 bits per heavy atom. The van der Waals surface area contributed by atoms with E-state index in [4.69, 9.17) is 4.52 Å². The van der Waals surface area contributed by atoms with Crippen LogP contribution < -0.4 is 0 Å². The van der Waals surface area contributed by atoms with Crippen LogP contribution in [0.2, 0.25) is 0 Å². The molecule has 124 valence electrons. The molecule has 7 nitrogen and oxygen atoms in total. The van der Waals surface area contributed by atoms with Gasteiger partial charge in [-0.05, 0) is 39.7 Å². The van der Waals surface area contributed by atoms with Crippen LogP contribution >= 0.6 is 0 Å². The van der Waals surface area contributed by atoms with Gasteiger partial charge in [0.05, 0.1) is 11.6 Å². The molecule has 0 aliphatic carbocycles. The normalized spacial score (nSPS) is 18.4. The largest absolute Gasteiger partial charge is 0.342 e. The quantitative estimate of drug-likeness (QED) is 0.862. The predicted molar refractivity (Wildman–Crippen MR) is 83.9 cm³/mol. The number of carbonyl (C=O) groups excluding carboxylic acids is 1. The summed E-state index contributed by atoms with van der Waals surface area (Å²) in [7, 11) is 0. The molecule has 0 N–H and O–H groups in total. The van der Waals surface area contributed by atoms with Crippen LogP contribution in [0.3, 0.4) is 0 Å². The summed E-state index contributed by atoms with van der Waals surface area (Å²) in [6.07, 6.45) is 2.43. The molecule has 3 heterocycles. The summed E-state index contributed by atoms with van der Waals surface area (Å²) in [4.78, 5) is 18.7. The molecule has 3 rings (SSSR count). The monoisotopic (exact) mass is 317 g/mol. The second kappa shape index (κ2) is 6.52. The van der Waals surface area contributed by atoms with Gasteiger partial charge in [-0.2, -0.15) is 10.1 Å². The molecular formula is C16H23N5O2. The minimum Gasteiger partial charge on any atom is -0.342 e. The number of amides is 1. The maximum absolute atomic E-state index is 12.5. The lowest BCUT2D eigenvalue weighted by atomic mass is 9.97. The van der Waals surface area contributed by atoms with Gasteiger partial charge in [-0.25, -0.2) is 0 Å². The van der Waals surface area contributed by atoms with E-state index < -0.39 is 0 Å². The van der Waals surface area contributed by atoms with Crippen molar-refractivity contribution in [2.45, 2.75) is 52.5 Å². The van der Waals surface area contributed by atoms with Crippen molar-refractivity contribution < 1.29 is 9.32 Å². The van der Waals surface area contributed by atoms with Crippen LogP contribution in [0.4, 0.5) is 0 Å². The highest BCUT2D eigenvalue weighted by Gasteiger charge is 2.28. The van der Waals surface area contributed by atoms with Gasteiger partial charge in [0.25, 0.3) is 0 Å². The van der Waals surface area contributed by atoms with E-state index in [1.807, 2.05) is 36.4 Å². The fourth-order valence-electron chi connectivity index (χ4n) is 3.15. The summed E-state index contributed by atoms with van der Waals surface area (Å²) in [6.45, 7) is 7.88. The zero-order valence-corrected chi connectivity index (χ0v) is 13.9. The topological polar surface area (TPSA) is 77.0 Å². The Morgan fingerprint density at radius 2 is 2.22 bits per heavy atom. The lowest BCUT2D eigenvalue weighted by Gasteiger charge is -2.31. The van der Waals surface area contributed by atoms with Crippen molar-refractivity contribution in [2.75, 3.05) is 13.1 Å². The molecule has 0 unspecified atom stereocenters. The van der Waals surface area contributed by atoms with E-state index in [9.17, 15) is 4.79 Å². The van der Waals surface area contributed by atoms with Gasteiger partial charge in [-0.3, -0.25) is 9.48 Å². The number of rotatable bonds is 4. The summed E-state index contributed by atoms with van der Waals surface area (Å²) in [5.74, 6) is 1.62. The summed E-state index contributed by atoms with van der Waals surface area (Å²) in [5, 5.41) is 8.25. The van der Waals surface area contributed by atoms with Crippen molar-refractivity contribution >= 4 is 5.91 Å². The van der Waals surface area contributed by atoms with Gasteiger partial charge >= 0.3 is 0 Å². The fraction of sp³-hybridized carbons (Fsp3) is 0.625. The van der Waals surface area contributed by atoms with E-state index in [0.29, 0.717) is 31.2 Å². The second-order valence-electron chi connectivity index (χ2n) is 6.26. The van der Waals surface area contributed by atoms with E-state index in [1.54, 1.807) is 0 Å². The third kappa shape index (κ3) is 3.60. The summed E-state index contributed by atoms with van der Waals surface area (Å²) in [5.41, 5.74) is 2.08. The van der Waals surface area contributed by atoms with Crippen LogP contribution in [0.15, 0.2) is 10.6 Å². The molecule has 1 aliphatic heterocycles. The molecule has 0 bridgehead atoms. The molecule has 7 heteroatoms. The molecular weight excluding hydrogens is 294 g/mol. The number of hydrogen-bond donors (Lipinski definition) is 0. The number of aryl methyl sites for hydroxylation is 4. The standard InChI is InChI=1S/C16H23N5O2/c1-11-9-12(2)21(18-11)8-6-15(22)20-7-4-5-14(10-20)16-17-13(3)19-23-16/h9,14H,4-8,10H2,1-3H3/t14-/m1/s1. The van der Waals surface area contributed by atoms with Crippen LogP contribution in [0, 0.1) is 20.8 Å². The summed E-state index contributed by atoms with van der Waals surface area (Å²) in [6, 6.07) is 2.03. The van der Waals surface area contributed by atoms with Crippen LogP contribution in [-0.4, -0.2) is 43.8 Å². The Bertz CT molecular complexity index is 690. The number of hydrogen-bond acceptors (Lipinski definition) is 5. The van der Waals surface area contributed by atoms with Gasteiger partial charge in [0.1, 0.15) is 0 Å². The second-order valence-corrected chi connectivity index (χ2v) is 6.26. The molecule has 0 saturated carbocycles. The first kappa shape index (κ1) is 15.7. The molecule has 0 spiro atoms. The molecule has 0 radical (unpaired) electrons. The smallest absolute Gasteiger partial charge is 0.231 e. The predicted octanol–water partition coefficient (Wildman–Crippen LogP) is 1.99. The molecule has 2 aromatic rings. The van der Waals surface area contributed by atoms with Crippen molar-refractivity contribution in [1.82, 2.24) is 24.8 Å². The van der Waals surface area contributed by atoms with Crippen LogP contribution in [-0.2, 0) is 11.3 Å². The zero-order valence-electron chi connectivity index (χ0n) is 13.9. The third-order valence-electron chi connectivity index (χ3n) is 4.31. The Labute approximate surface area is 135 Å². The van der Waals surface area contributed by atoms with E-state index in [0.717, 1.165) is 30.8 Å². The first-order chi connectivity index (χ1) is 11.0. The number of nitrogens with zero attached hydrogens (tertiary/aromatic N) is 5. The molecule has 1 saturated heterocycles. The minimum atomic E-state index is 0.155. The maximum atomic E-state index is 12.5. The third-order valence-corrected chi connectivity index (χ3v) is 4.31. The van der Waals surface area contributed by atoms with Crippen LogP contribution in [0.5, 0.6) is 0 Å². The highest BCUT2D eigenvalue weighted by Crippen LogP contribution is 2.26. The van der Waals surface area contributed by atoms with Crippen molar-refractivity contribution in [1.29, 1.82) is 0 Å². The van der Waals surface area contributed by atoms with Gasteiger partial charge in [-0.15, -0.1) is 0 Å². The van der Waals surface area contributed by atoms with Gasteiger partial charge in [0.15, 0.2) is 5.82 Å². The number of likely N-dealkylation sites (tertiary alicyclic amines) is 1. The lowest BCUT2D eigenvalue weighted by molar-refractivity contribution is -0.132. The van der Waals surface area contributed by atoms with Crippen molar-refractivity contribution in [3.05, 3.63) is 29.2 Å². The van der Waals surface area contributed by atoms with Gasteiger partial charge in [0, 0.05) is 31.7 Å². The van der Waals surface area contributed by atoms with E-state index in [2.05, 4.69) is 15.2 Å². The van der Waals surface area contributed by atoms with Crippen molar-refractivity contribution in [2.24, 2.45) is 0 Å². The average Bonchev–Trinajstić information content (AvgIpc) is 3.10. The molecule has 2 aromatic heterocycles. The lowest BCUT2D eigenvalue weighted by Crippen LogP contribution is -2.39. The molecule has 1 aliphatic rings. The highest BCUT2D eigenvalue weighted by molar-refractivity contribution is 5.76. The highest BCUT2D eigenvalue weighted by atomic mass is 16.5. The number of piperidine rings is 1. The average molecular weight is 317 g/mol. The number of aromatic nitrogens is 4. The van der Waals surface area contributed by atoms with Crippen molar-refractivity contribution in [3.63, 3.8) is 0 Å². The maximum Gasteiger partial charge on any atom is 0.231 e. The van der Waals surface area contributed by atoms with Gasteiger partial charge < -0.3 is 9.42 Å². The summed E-state index contributed by atoms with van der Waals surface area (Å²) < 4.78 is 7.17. The Balaban J connectivity index is 1.57. The Kier molecular flexibility index (Phi) is 4.45. The van der Waals surface area contributed by atoms with E-state index in [1.165, 1.54) is 0 Å². The van der Waals surface area contributed by atoms with E-state index in [-0.39, 0.29) is 11.8 Å². The van der Waals surface area contributed by atoms with E-state index >= 15 is 0 Å². The molecule has 1 atom stereocenters. The summed E-state index contributed by atoms with van der Waals surface area (Å²) >= 11 is 0. The molecule has 0 aromatic carbocycles. The fourth-order valence-corrected chi connectivity index (χ4v) is 3.15. The Morgan fingerprint density at radius 3 is 2.87 bits per heavy atom. The first-order valence-electron chi connectivity index (χ1n) is 8.12.